The topological polar surface area (TPSA) is 43.3 Å². The van der Waals surface area contributed by atoms with Gasteiger partial charge in [0, 0.05) is 12.1 Å². The Balaban J connectivity index is 2.36. The van der Waals surface area contributed by atoms with E-state index in [-0.39, 0.29) is 0 Å². The summed E-state index contributed by atoms with van der Waals surface area (Å²) in [5.74, 6) is 0. The predicted molar refractivity (Wildman–Crippen MR) is 83.0 cm³/mol. The summed E-state index contributed by atoms with van der Waals surface area (Å²) in [5.41, 5.74) is 12.1. The lowest BCUT2D eigenvalue weighted by atomic mass is 10.0. The van der Waals surface area contributed by atoms with Gasteiger partial charge < -0.3 is 5.73 Å². The summed E-state index contributed by atoms with van der Waals surface area (Å²) >= 11 is 6.28. The smallest absolute Gasteiger partial charge is 0.138 e. The van der Waals surface area contributed by atoms with Crippen molar-refractivity contribution in [2.24, 2.45) is 5.73 Å². The van der Waals surface area contributed by atoms with Crippen LogP contribution in [-0.2, 0) is 6.54 Å². The molecule has 20 heavy (non-hydrogen) atoms. The second-order valence-electron chi connectivity index (χ2n) is 4.97. The number of fused-ring (bicyclic) bond motifs is 1. The Morgan fingerprint density at radius 1 is 1.20 bits per heavy atom. The fourth-order valence-electron chi connectivity index (χ4n) is 2.51. The van der Waals surface area contributed by atoms with E-state index in [1.807, 2.05) is 22.6 Å². The van der Waals surface area contributed by atoms with Crippen molar-refractivity contribution in [2.45, 2.75) is 20.4 Å². The average Bonchev–Trinajstić information content (AvgIpc) is 2.81. The number of pyridine rings is 1. The minimum absolute atomic E-state index is 0.396. The van der Waals surface area contributed by atoms with E-state index >= 15 is 0 Å². The highest BCUT2D eigenvalue weighted by molar-refractivity contribution is 6.29. The molecule has 0 spiro atoms. The molecule has 102 valence electrons. The second-order valence-corrected chi connectivity index (χ2v) is 5.36. The van der Waals surface area contributed by atoms with Gasteiger partial charge in [-0.05, 0) is 37.6 Å². The number of nitrogens with zero attached hydrogens (tertiary/aromatic N) is 2. The Morgan fingerprint density at radius 3 is 2.75 bits per heavy atom. The number of halogens is 1. The van der Waals surface area contributed by atoms with Gasteiger partial charge in [-0.2, -0.15) is 0 Å². The van der Waals surface area contributed by atoms with Crippen molar-refractivity contribution < 1.29 is 0 Å². The third kappa shape index (κ3) is 1.99. The van der Waals surface area contributed by atoms with Gasteiger partial charge >= 0.3 is 0 Å². The molecule has 0 unspecified atom stereocenters. The van der Waals surface area contributed by atoms with E-state index in [4.69, 9.17) is 22.3 Å². The zero-order chi connectivity index (χ0) is 14.3. The normalized spacial score (nSPS) is 11.2. The quantitative estimate of drug-likeness (QED) is 0.729. The standard InChI is InChI=1S/C16H16ClN3/c1-10-6-7-11(2)12(8-10)16-13(9-18)20-14(17)4-3-5-15(20)19-16/h3-8H,9,18H2,1-2H3. The fourth-order valence-corrected chi connectivity index (χ4v) is 2.77. The molecule has 0 atom stereocenters. The number of aryl methyl sites for hydroxylation is 2. The van der Waals surface area contributed by atoms with Crippen LogP contribution < -0.4 is 5.73 Å². The lowest BCUT2D eigenvalue weighted by Gasteiger charge is -2.07. The van der Waals surface area contributed by atoms with Crippen LogP contribution in [0.15, 0.2) is 36.4 Å². The monoisotopic (exact) mass is 285 g/mol. The Hall–Kier alpha value is -1.84. The molecule has 2 N–H and O–H groups in total. The number of aromatic nitrogens is 2. The Bertz CT molecular complexity index is 790. The van der Waals surface area contributed by atoms with Gasteiger partial charge in [-0.1, -0.05) is 35.4 Å². The number of benzene rings is 1. The Morgan fingerprint density at radius 2 is 2.00 bits per heavy atom. The molecule has 0 aliphatic heterocycles. The van der Waals surface area contributed by atoms with Crippen LogP contribution in [0.25, 0.3) is 16.9 Å². The Labute approximate surface area is 123 Å². The average molecular weight is 286 g/mol. The summed E-state index contributed by atoms with van der Waals surface area (Å²) in [6, 6.07) is 12.0. The van der Waals surface area contributed by atoms with Crippen LogP contribution in [0.1, 0.15) is 16.8 Å². The summed E-state index contributed by atoms with van der Waals surface area (Å²) in [6.45, 7) is 4.56. The number of hydrogen-bond acceptors (Lipinski definition) is 2. The van der Waals surface area contributed by atoms with E-state index in [9.17, 15) is 0 Å². The third-order valence-electron chi connectivity index (χ3n) is 3.53. The first-order chi connectivity index (χ1) is 9.61. The summed E-state index contributed by atoms with van der Waals surface area (Å²) in [5, 5.41) is 0.631. The van der Waals surface area contributed by atoms with Crippen LogP contribution in [0.2, 0.25) is 5.15 Å². The Kier molecular flexibility index (Phi) is 3.24. The van der Waals surface area contributed by atoms with Gasteiger partial charge in [-0.25, -0.2) is 4.98 Å². The zero-order valence-electron chi connectivity index (χ0n) is 11.5. The third-order valence-corrected chi connectivity index (χ3v) is 3.83. The van der Waals surface area contributed by atoms with Gasteiger partial charge in [-0.3, -0.25) is 4.40 Å². The molecule has 2 aromatic heterocycles. The molecule has 4 heteroatoms. The van der Waals surface area contributed by atoms with Crippen molar-refractivity contribution in [1.29, 1.82) is 0 Å². The second kappa shape index (κ2) is 4.93. The van der Waals surface area contributed by atoms with Gasteiger partial charge in [0.05, 0.1) is 11.4 Å². The highest BCUT2D eigenvalue weighted by atomic mass is 35.5. The summed E-state index contributed by atoms with van der Waals surface area (Å²) in [4.78, 5) is 4.72. The van der Waals surface area contributed by atoms with E-state index in [1.54, 1.807) is 0 Å². The van der Waals surface area contributed by atoms with Gasteiger partial charge in [0.15, 0.2) is 0 Å². The highest BCUT2D eigenvalue weighted by Gasteiger charge is 2.16. The maximum absolute atomic E-state index is 6.28. The fraction of sp³-hybridized carbons (Fsp3) is 0.188. The first-order valence-corrected chi connectivity index (χ1v) is 6.93. The van der Waals surface area contributed by atoms with Crippen molar-refractivity contribution in [3.63, 3.8) is 0 Å². The van der Waals surface area contributed by atoms with Crippen molar-refractivity contribution in [1.82, 2.24) is 9.38 Å². The molecule has 0 bridgehead atoms. The lowest BCUT2D eigenvalue weighted by molar-refractivity contribution is 0.962. The molecule has 3 nitrogen and oxygen atoms in total. The highest BCUT2D eigenvalue weighted by Crippen LogP contribution is 2.29. The van der Waals surface area contributed by atoms with Gasteiger partial charge in [0.2, 0.25) is 0 Å². The summed E-state index contributed by atoms with van der Waals surface area (Å²) < 4.78 is 1.92. The zero-order valence-corrected chi connectivity index (χ0v) is 12.3. The maximum Gasteiger partial charge on any atom is 0.138 e. The lowest BCUT2D eigenvalue weighted by Crippen LogP contribution is -2.03. The van der Waals surface area contributed by atoms with Crippen LogP contribution >= 0.6 is 11.6 Å². The molecular weight excluding hydrogens is 270 g/mol. The number of rotatable bonds is 2. The number of nitrogens with two attached hydrogens (primary N) is 1. The van der Waals surface area contributed by atoms with Crippen LogP contribution in [0.4, 0.5) is 0 Å². The van der Waals surface area contributed by atoms with Crippen LogP contribution in [0.5, 0.6) is 0 Å². The first-order valence-electron chi connectivity index (χ1n) is 6.55. The van der Waals surface area contributed by atoms with Gasteiger partial charge in [-0.15, -0.1) is 0 Å². The molecule has 1 aromatic carbocycles. The summed E-state index contributed by atoms with van der Waals surface area (Å²) in [7, 11) is 0. The van der Waals surface area contributed by atoms with E-state index in [1.165, 1.54) is 11.1 Å². The maximum atomic E-state index is 6.28. The van der Waals surface area contributed by atoms with Crippen LogP contribution in [0, 0.1) is 13.8 Å². The molecule has 0 aliphatic carbocycles. The summed E-state index contributed by atoms with van der Waals surface area (Å²) in [6.07, 6.45) is 0. The van der Waals surface area contributed by atoms with E-state index in [2.05, 4.69) is 32.0 Å². The molecule has 0 saturated carbocycles. The molecule has 0 aliphatic rings. The molecule has 0 amide bonds. The largest absolute Gasteiger partial charge is 0.325 e. The molecule has 0 saturated heterocycles. The van der Waals surface area contributed by atoms with Gasteiger partial charge in [0.25, 0.3) is 0 Å². The predicted octanol–water partition coefficient (Wildman–Crippen LogP) is 3.73. The van der Waals surface area contributed by atoms with E-state index < -0.39 is 0 Å². The minimum Gasteiger partial charge on any atom is -0.325 e. The molecule has 0 fully saturated rings. The molecule has 3 rings (SSSR count). The minimum atomic E-state index is 0.396. The number of hydrogen-bond donors (Lipinski definition) is 1. The van der Waals surface area contributed by atoms with E-state index in [0.29, 0.717) is 11.7 Å². The van der Waals surface area contributed by atoms with Crippen LogP contribution in [-0.4, -0.2) is 9.38 Å². The molecule has 2 heterocycles. The van der Waals surface area contributed by atoms with Crippen molar-refractivity contribution >= 4 is 17.2 Å². The first kappa shape index (κ1) is 13.2. The van der Waals surface area contributed by atoms with E-state index in [0.717, 1.165) is 22.6 Å². The van der Waals surface area contributed by atoms with Crippen molar-refractivity contribution in [2.75, 3.05) is 0 Å². The van der Waals surface area contributed by atoms with Gasteiger partial charge in [0.1, 0.15) is 10.8 Å². The molecule has 3 aromatic rings. The van der Waals surface area contributed by atoms with Crippen molar-refractivity contribution in [3.8, 4) is 11.3 Å². The van der Waals surface area contributed by atoms with Crippen molar-refractivity contribution in [3.05, 3.63) is 58.4 Å². The molecule has 0 radical (unpaired) electrons. The molecular formula is C16H16ClN3. The SMILES string of the molecule is Cc1ccc(C)c(-c2nc3cccc(Cl)n3c2CN)c1. The number of imidazole rings is 1. The van der Waals surface area contributed by atoms with Crippen LogP contribution in [0.3, 0.4) is 0 Å².